The molecule has 0 unspecified atom stereocenters. The van der Waals surface area contributed by atoms with Crippen molar-refractivity contribution in [2.24, 2.45) is 0 Å². The molecule has 6 aromatic carbocycles. The van der Waals surface area contributed by atoms with Crippen molar-refractivity contribution in [1.29, 1.82) is 0 Å². The lowest BCUT2D eigenvalue weighted by Crippen LogP contribution is -2.25. The van der Waals surface area contributed by atoms with E-state index in [1.165, 1.54) is 0 Å². The first-order chi connectivity index (χ1) is 37.8. The fourth-order valence-electron chi connectivity index (χ4n) is 7.13. The molecule has 0 saturated carbocycles. The molecule has 6 amide bonds. The fraction of sp³-hybridized carbons (Fsp3) is 0.207. The molecule has 3 saturated heterocycles. The van der Waals surface area contributed by atoms with Gasteiger partial charge in [-0.3, -0.25) is 59.1 Å². The van der Waals surface area contributed by atoms with E-state index in [0.717, 1.165) is 52.0 Å². The molecule has 0 radical (unpaired) electrons. The SMILES string of the molecule is C=O.CC.COc1cccc(C(=O)COc2ccc(C[C@@H]3SC(=O)NC3=O)cc2)c1.O=C1NC(=O)[C@@H](Cc2ccc(OCC(=O)c3ccccc3)cc2)S1.O=C1NC(=O)[C@H](Cc2ccc(OCC(=O)c3ccccc3)cc2)S1. The van der Waals surface area contributed by atoms with E-state index in [4.69, 9.17) is 23.7 Å². The molecule has 3 aliphatic heterocycles. The molecule has 0 aromatic heterocycles. The zero-order valence-corrected chi connectivity index (χ0v) is 45.1. The number of ketones is 3. The third kappa shape index (κ3) is 19.4. The van der Waals surface area contributed by atoms with Gasteiger partial charge in [0.25, 0.3) is 15.7 Å². The van der Waals surface area contributed by atoms with Crippen LogP contribution in [0.4, 0.5) is 14.4 Å². The molecule has 3 fully saturated rings. The molecule has 3 atom stereocenters. The summed E-state index contributed by atoms with van der Waals surface area (Å²) in [6.45, 7) is 5.86. The summed E-state index contributed by atoms with van der Waals surface area (Å²) in [4.78, 5) is 112. The fourth-order valence-corrected chi connectivity index (χ4v) is 9.71. The number of amides is 6. The zero-order chi connectivity index (χ0) is 56.4. The third-order valence-corrected chi connectivity index (χ3v) is 14.0. The number of thioether (sulfide) groups is 3. The Morgan fingerprint density at radius 3 is 0.987 bits per heavy atom. The molecule has 0 aliphatic carbocycles. The Hall–Kier alpha value is -8.33. The molecule has 0 bridgehead atoms. The number of hydrogen-bond donors (Lipinski definition) is 3. The monoisotopic (exact) mass is 1110 g/mol. The van der Waals surface area contributed by atoms with Crippen molar-refractivity contribution in [2.45, 2.75) is 48.9 Å². The molecule has 404 valence electrons. The van der Waals surface area contributed by atoms with Crippen molar-refractivity contribution in [2.75, 3.05) is 26.9 Å². The van der Waals surface area contributed by atoms with Crippen LogP contribution in [-0.4, -0.2) is 100 Å². The second kappa shape index (κ2) is 31.7. The largest absolute Gasteiger partial charge is 0.497 e. The maximum atomic E-state index is 12.2. The summed E-state index contributed by atoms with van der Waals surface area (Å²) in [5, 5.41) is 4.73. The van der Waals surface area contributed by atoms with E-state index in [-0.39, 0.29) is 81.1 Å². The highest BCUT2D eigenvalue weighted by Gasteiger charge is 2.33. The molecule has 78 heavy (non-hydrogen) atoms. The summed E-state index contributed by atoms with van der Waals surface area (Å²) in [6, 6.07) is 46.3. The highest BCUT2D eigenvalue weighted by atomic mass is 32.2. The van der Waals surface area contributed by atoms with E-state index in [2.05, 4.69) is 16.0 Å². The second-order valence-corrected chi connectivity index (χ2v) is 19.8. The minimum atomic E-state index is -0.399. The van der Waals surface area contributed by atoms with Gasteiger partial charge in [-0.1, -0.05) is 158 Å². The average Bonchev–Trinajstić information content (AvgIpc) is 4.10. The lowest BCUT2D eigenvalue weighted by molar-refractivity contribution is -0.119. The average molecular weight is 1110 g/mol. The lowest BCUT2D eigenvalue weighted by atomic mass is 10.1. The first kappa shape index (κ1) is 60.5. The number of benzene rings is 6. The molecule has 20 heteroatoms. The van der Waals surface area contributed by atoms with Crippen LogP contribution in [-0.2, 0) is 38.4 Å². The van der Waals surface area contributed by atoms with Gasteiger partial charge in [0.15, 0.2) is 37.2 Å². The quantitative estimate of drug-likeness (QED) is 0.0640. The number of Topliss-reactive ketones (excluding diaryl/α,β-unsaturated/α-hetero) is 3. The van der Waals surface area contributed by atoms with E-state index in [0.29, 0.717) is 59.0 Å². The van der Waals surface area contributed by atoms with Gasteiger partial charge < -0.3 is 23.7 Å². The third-order valence-electron chi connectivity index (χ3n) is 11.0. The molecular weight excluding hydrogens is 1060 g/mol. The summed E-state index contributed by atoms with van der Waals surface area (Å²) in [6.07, 6.45) is 1.42. The predicted octanol–water partition coefficient (Wildman–Crippen LogP) is 9.38. The van der Waals surface area contributed by atoms with Gasteiger partial charge in [0.2, 0.25) is 17.7 Å². The Labute approximate surface area is 463 Å². The first-order valence-corrected chi connectivity index (χ1v) is 26.7. The molecule has 3 aliphatic rings. The Morgan fingerprint density at radius 1 is 0.410 bits per heavy atom. The topological polar surface area (TPSA) is 244 Å². The van der Waals surface area contributed by atoms with Crippen molar-refractivity contribution in [3.8, 4) is 23.0 Å². The highest BCUT2D eigenvalue weighted by Crippen LogP contribution is 2.27. The van der Waals surface area contributed by atoms with Crippen LogP contribution in [0.2, 0.25) is 0 Å². The van der Waals surface area contributed by atoms with Crippen molar-refractivity contribution in [1.82, 2.24) is 16.0 Å². The van der Waals surface area contributed by atoms with Gasteiger partial charge >= 0.3 is 0 Å². The van der Waals surface area contributed by atoms with Crippen molar-refractivity contribution in [3.05, 3.63) is 191 Å². The molecule has 17 nitrogen and oxygen atoms in total. The summed E-state index contributed by atoms with van der Waals surface area (Å²) in [5.41, 5.74) is 4.53. The van der Waals surface area contributed by atoms with Crippen molar-refractivity contribution < 1.29 is 66.9 Å². The van der Waals surface area contributed by atoms with Crippen LogP contribution in [0.1, 0.15) is 61.6 Å². The van der Waals surface area contributed by atoms with Gasteiger partial charge in [-0.2, -0.15) is 0 Å². The maximum Gasteiger partial charge on any atom is 0.286 e. The van der Waals surface area contributed by atoms with Crippen LogP contribution in [0.25, 0.3) is 0 Å². The van der Waals surface area contributed by atoms with E-state index < -0.39 is 5.25 Å². The van der Waals surface area contributed by atoms with Gasteiger partial charge in [0.1, 0.15) is 29.8 Å². The molecule has 3 N–H and O–H groups in total. The van der Waals surface area contributed by atoms with Crippen LogP contribution in [0.5, 0.6) is 23.0 Å². The number of methoxy groups -OCH3 is 1. The molecule has 9 rings (SSSR count). The predicted molar refractivity (Wildman–Crippen MR) is 299 cm³/mol. The van der Waals surface area contributed by atoms with Gasteiger partial charge in [-0.15, -0.1) is 0 Å². The molecular formula is C58H55N3O14S3. The summed E-state index contributed by atoms with van der Waals surface area (Å²) >= 11 is 3.02. The van der Waals surface area contributed by atoms with Gasteiger partial charge in [-0.05, 0) is 84.5 Å². The Kier molecular flexibility index (Phi) is 24.6. The standard InChI is InChI=1S/C19H17NO5S.2C18H15NO4S.C2H6.CH2O/c1-24-15-4-2-3-13(10-15)16(21)11-25-14-7-5-12(6-8-14)9-17-18(22)20-19(23)26-17;2*20-15(13-4-2-1-3-5-13)11-23-14-8-6-12(7-9-14)10-16-17(21)19-18(22)24-16;2*1-2/h2-8,10,17H,9,11H2,1H3,(H,20,22,23);2*1-9,16H,10-11H2,(H,19,21,22);1-2H3;1H2/t17-;2*16-;;/m010../s1. The van der Waals surface area contributed by atoms with Crippen molar-refractivity contribution in [3.63, 3.8) is 0 Å². The lowest BCUT2D eigenvalue weighted by Gasteiger charge is -2.09. The number of nitrogens with one attached hydrogen (secondary N) is 3. The number of carbonyl (C=O) groups is 10. The Morgan fingerprint density at radius 2 is 0.705 bits per heavy atom. The first-order valence-electron chi connectivity index (χ1n) is 24.1. The summed E-state index contributed by atoms with van der Waals surface area (Å²) in [5.74, 6) is 1.27. The number of imide groups is 3. The van der Waals surface area contributed by atoms with E-state index in [1.54, 1.807) is 92.0 Å². The highest BCUT2D eigenvalue weighted by molar-refractivity contribution is 8.16. The Balaban J connectivity index is 0.000000209. The normalized spacial score (nSPS) is 15.9. The van der Waals surface area contributed by atoms with Crippen LogP contribution in [0.15, 0.2) is 158 Å². The van der Waals surface area contributed by atoms with Gasteiger partial charge in [0, 0.05) is 16.7 Å². The number of carbonyl (C=O) groups excluding carboxylic acids is 10. The van der Waals surface area contributed by atoms with Crippen LogP contribution in [0.3, 0.4) is 0 Å². The van der Waals surface area contributed by atoms with Crippen LogP contribution < -0.4 is 34.9 Å². The van der Waals surface area contributed by atoms with E-state index >= 15 is 0 Å². The maximum absolute atomic E-state index is 12.2. The number of rotatable bonds is 19. The second-order valence-electron chi connectivity index (χ2n) is 16.3. The van der Waals surface area contributed by atoms with Gasteiger partial charge in [0.05, 0.1) is 22.9 Å². The number of ether oxygens (including phenoxy) is 4. The minimum Gasteiger partial charge on any atom is -0.497 e. The van der Waals surface area contributed by atoms with E-state index in [9.17, 15) is 43.2 Å². The molecule has 6 aromatic rings. The summed E-state index contributed by atoms with van der Waals surface area (Å²) < 4.78 is 21.6. The zero-order valence-electron chi connectivity index (χ0n) is 42.6. The number of hydrogen-bond acceptors (Lipinski definition) is 17. The van der Waals surface area contributed by atoms with E-state index in [1.807, 2.05) is 93.4 Å². The minimum absolute atomic E-state index is 0.0290. The van der Waals surface area contributed by atoms with Gasteiger partial charge in [-0.25, -0.2) is 0 Å². The summed E-state index contributed by atoms with van der Waals surface area (Å²) in [7, 11) is 1.55. The van der Waals surface area contributed by atoms with Crippen LogP contribution in [0, 0.1) is 0 Å². The van der Waals surface area contributed by atoms with Crippen LogP contribution >= 0.6 is 35.3 Å². The smallest absolute Gasteiger partial charge is 0.286 e. The molecule has 3 heterocycles. The molecule has 0 spiro atoms. The Bertz CT molecular complexity index is 2880. The van der Waals surface area contributed by atoms with Crippen molar-refractivity contribution >= 4 is 92.9 Å².